The van der Waals surface area contributed by atoms with Crippen molar-refractivity contribution >= 4 is 5.91 Å². The van der Waals surface area contributed by atoms with E-state index in [0.29, 0.717) is 31.7 Å². The summed E-state index contributed by atoms with van der Waals surface area (Å²) in [6.45, 7) is 1.70. The lowest BCUT2D eigenvalue weighted by molar-refractivity contribution is -0.0208. The average Bonchev–Trinajstić information content (AvgIpc) is 2.57. The molecule has 0 N–H and O–H groups in total. The Balaban J connectivity index is 1.64. The highest BCUT2D eigenvalue weighted by Crippen LogP contribution is 2.15. The third kappa shape index (κ3) is 3.52. The molecule has 3 nitrogen and oxygen atoms in total. The summed E-state index contributed by atoms with van der Waals surface area (Å²) in [7, 11) is 0. The second-order valence-corrected chi connectivity index (χ2v) is 5.44. The van der Waals surface area contributed by atoms with Crippen molar-refractivity contribution in [1.29, 1.82) is 0 Å². The van der Waals surface area contributed by atoms with Gasteiger partial charge in [-0.25, -0.2) is 4.39 Å². The van der Waals surface area contributed by atoms with Crippen molar-refractivity contribution in [3.8, 4) is 0 Å². The van der Waals surface area contributed by atoms with Crippen molar-refractivity contribution in [2.45, 2.75) is 12.5 Å². The summed E-state index contributed by atoms with van der Waals surface area (Å²) in [4.78, 5) is 14.3. The van der Waals surface area contributed by atoms with Crippen molar-refractivity contribution in [3.05, 3.63) is 71.5 Å². The number of morpholine rings is 1. The zero-order valence-electron chi connectivity index (χ0n) is 12.2. The van der Waals surface area contributed by atoms with Crippen molar-refractivity contribution in [1.82, 2.24) is 4.90 Å². The van der Waals surface area contributed by atoms with Gasteiger partial charge in [0.1, 0.15) is 5.82 Å². The highest BCUT2D eigenvalue weighted by atomic mass is 19.1. The van der Waals surface area contributed by atoms with E-state index in [1.165, 1.54) is 12.1 Å². The minimum atomic E-state index is -0.241. The van der Waals surface area contributed by atoms with Crippen LogP contribution >= 0.6 is 0 Å². The van der Waals surface area contributed by atoms with Crippen LogP contribution in [-0.2, 0) is 11.2 Å². The van der Waals surface area contributed by atoms with E-state index in [-0.39, 0.29) is 17.8 Å². The van der Waals surface area contributed by atoms with Gasteiger partial charge in [-0.1, -0.05) is 30.3 Å². The number of amides is 1. The summed E-state index contributed by atoms with van der Waals surface area (Å²) < 4.78 is 18.7. The molecule has 1 fully saturated rings. The topological polar surface area (TPSA) is 29.5 Å². The van der Waals surface area contributed by atoms with E-state index >= 15 is 0 Å². The molecule has 0 spiro atoms. The van der Waals surface area contributed by atoms with Crippen LogP contribution in [0.25, 0.3) is 0 Å². The first-order valence-electron chi connectivity index (χ1n) is 7.43. The van der Waals surface area contributed by atoms with Gasteiger partial charge in [0, 0.05) is 25.1 Å². The normalized spacial score (nSPS) is 18.2. The van der Waals surface area contributed by atoms with Crippen LogP contribution in [0.1, 0.15) is 15.9 Å². The number of carbonyl (C=O) groups excluding carboxylic acids is 1. The van der Waals surface area contributed by atoms with Crippen molar-refractivity contribution in [3.63, 3.8) is 0 Å². The predicted octanol–water partition coefficient (Wildman–Crippen LogP) is 2.91. The van der Waals surface area contributed by atoms with Gasteiger partial charge in [-0.15, -0.1) is 0 Å². The van der Waals surface area contributed by atoms with Gasteiger partial charge in [-0.3, -0.25) is 4.79 Å². The monoisotopic (exact) mass is 299 g/mol. The molecule has 1 atom stereocenters. The third-order valence-corrected chi connectivity index (χ3v) is 3.82. The largest absolute Gasteiger partial charge is 0.374 e. The lowest BCUT2D eigenvalue weighted by Crippen LogP contribution is -2.46. The van der Waals surface area contributed by atoms with Gasteiger partial charge in [-0.05, 0) is 29.8 Å². The summed E-state index contributed by atoms with van der Waals surface area (Å²) in [6, 6.07) is 15.7. The molecule has 4 heteroatoms. The molecular weight excluding hydrogens is 281 g/mol. The molecule has 0 unspecified atom stereocenters. The summed E-state index contributed by atoms with van der Waals surface area (Å²) in [5.41, 5.74) is 1.71. The maximum Gasteiger partial charge on any atom is 0.254 e. The molecule has 1 saturated heterocycles. The molecule has 2 aromatic rings. The van der Waals surface area contributed by atoms with E-state index in [1.54, 1.807) is 12.1 Å². The second-order valence-electron chi connectivity index (χ2n) is 5.44. The Morgan fingerprint density at radius 2 is 1.86 bits per heavy atom. The first kappa shape index (κ1) is 14.7. The Hall–Kier alpha value is -2.20. The first-order valence-corrected chi connectivity index (χ1v) is 7.43. The molecule has 3 rings (SSSR count). The van der Waals surface area contributed by atoms with Crippen molar-refractivity contribution in [2.75, 3.05) is 19.7 Å². The Morgan fingerprint density at radius 3 is 2.59 bits per heavy atom. The molecule has 114 valence electrons. The molecule has 1 amide bonds. The van der Waals surface area contributed by atoms with Crippen LogP contribution in [-0.4, -0.2) is 36.6 Å². The standard InChI is InChI=1S/C18H18FNO2/c19-16-8-6-14(7-9-16)12-17-13-20(10-11-22-17)18(21)15-4-2-1-3-5-15/h1-9,17H,10-13H2/t17-/m1/s1. The SMILES string of the molecule is O=C(c1ccccc1)N1CCO[C@H](Cc2ccc(F)cc2)C1. The van der Waals surface area contributed by atoms with E-state index < -0.39 is 0 Å². The van der Waals surface area contributed by atoms with Crippen LogP contribution in [0.2, 0.25) is 0 Å². The van der Waals surface area contributed by atoms with E-state index in [4.69, 9.17) is 4.74 Å². The third-order valence-electron chi connectivity index (χ3n) is 3.82. The molecule has 1 aliphatic heterocycles. The smallest absolute Gasteiger partial charge is 0.254 e. The van der Waals surface area contributed by atoms with E-state index in [2.05, 4.69) is 0 Å². The number of nitrogens with zero attached hydrogens (tertiary/aromatic N) is 1. The Morgan fingerprint density at radius 1 is 1.14 bits per heavy atom. The molecule has 0 radical (unpaired) electrons. The van der Waals surface area contributed by atoms with Gasteiger partial charge >= 0.3 is 0 Å². The van der Waals surface area contributed by atoms with Crippen molar-refractivity contribution in [2.24, 2.45) is 0 Å². The number of halogens is 1. The molecule has 2 aromatic carbocycles. The van der Waals surface area contributed by atoms with E-state index in [0.717, 1.165) is 5.56 Å². The predicted molar refractivity (Wildman–Crippen MR) is 82.2 cm³/mol. The van der Waals surface area contributed by atoms with Crippen molar-refractivity contribution < 1.29 is 13.9 Å². The van der Waals surface area contributed by atoms with Gasteiger partial charge in [0.05, 0.1) is 12.7 Å². The number of hydrogen-bond donors (Lipinski definition) is 0. The molecule has 0 aliphatic carbocycles. The number of carbonyl (C=O) groups is 1. The molecular formula is C18H18FNO2. The highest BCUT2D eigenvalue weighted by molar-refractivity contribution is 5.94. The second kappa shape index (κ2) is 6.71. The highest BCUT2D eigenvalue weighted by Gasteiger charge is 2.25. The van der Waals surface area contributed by atoms with Gasteiger partial charge in [0.25, 0.3) is 5.91 Å². The number of hydrogen-bond acceptors (Lipinski definition) is 2. The van der Waals surface area contributed by atoms with Crippen LogP contribution in [0.4, 0.5) is 4.39 Å². The fourth-order valence-electron chi connectivity index (χ4n) is 2.67. The maximum absolute atomic E-state index is 12.9. The van der Waals surface area contributed by atoms with E-state index in [9.17, 15) is 9.18 Å². The number of rotatable bonds is 3. The Kier molecular flexibility index (Phi) is 4.49. The van der Waals surface area contributed by atoms with Crippen LogP contribution in [0.5, 0.6) is 0 Å². The van der Waals surface area contributed by atoms with Gasteiger partial charge in [0.15, 0.2) is 0 Å². The molecule has 0 saturated carbocycles. The Labute approximate surface area is 129 Å². The fourth-order valence-corrected chi connectivity index (χ4v) is 2.67. The van der Waals surface area contributed by atoms with Crippen LogP contribution < -0.4 is 0 Å². The average molecular weight is 299 g/mol. The molecule has 1 heterocycles. The summed E-state index contributed by atoms with van der Waals surface area (Å²) in [5, 5.41) is 0. The lowest BCUT2D eigenvalue weighted by Gasteiger charge is -2.33. The fraction of sp³-hybridized carbons (Fsp3) is 0.278. The maximum atomic E-state index is 12.9. The number of ether oxygens (including phenoxy) is 1. The summed E-state index contributed by atoms with van der Waals surface area (Å²) in [6.07, 6.45) is 0.630. The van der Waals surface area contributed by atoms with Crippen LogP contribution in [0.3, 0.4) is 0 Å². The molecule has 0 aromatic heterocycles. The van der Waals surface area contributed by atoms with Crippen LogP contribution in [0, 0.1) is 5.82 Å². The summed E-state index contributed by atoms with van der Waals surface area (Å²) >= 11 is 0. The minimum Gasteiger partial charge on any atom is -0.374 e. The molecule has 0 bridgehead atoms. The zero-order valence-corrected chi connectivity index (χ0v) is 12.2. The zero-order chi connectivity index (χ0) is 15.4. The van der Waals surface area contributed by atoms with Crippen LogP contribution in [0.15, 0.2) is 54.6 Å². The molecule has 22 heavy (non-hydrogen) atoms. The molecule has 1 aliphatic rings. The quantitative estimate of drug-likeness (QED) is 0.872. The number of benzene rings is 2. The van der Waals surface area contributed by atoms with Gasteiger partial charge < -0.3 is 9.64 Å². The summed E-state index contributed by atoms with van der Waals surface area (Å²) in [5.74, 6) is -0.206. The Bertz CT molecular complexity index is 627. The minimum absolute atomic E-state index is 0.0352. The van der Waals surface area contributed by atoms with Gasteiger partial charge in [0.2, 0.25) is 0 Å². The van der Waals surface area contributed by atoms with E-state index in [1.807, 2.05) is 35.2 Å². The lowest BCUT2D eigenvalue weighted by atomic mass is 10.1. The van der Waals surface area contributed by atoms with Gasteiger partial charge in [-0.2, -0.15) is 0 Å². The first-order chi connectivity index (χ1) is 10.7.